The fraction of sp³-hybridized carbons (Fsp3) is 0.0714. The number of nitrogens with zero attached hydrogens (tertiary/aromatic N) is 1. The van der Waals surface area contributed by atoms with Crippen molar-refractivity contribution in [2.24, 2.45) is 0 Å². The lowest BCUT2D eigenvalue weighted by atomic mass is 10.1. The molecule has 0 fully saturated rings. The Kier molecular flexibility index (Phi) is 2.00. The predicted octanol–water partition coefficient (Wildman–Crippen LogP) is 2.99. The first-order valence-electron chi connectivity index (χ1n) is 5.31. The van der Waals surface area contributed by atoms with Crippen LogP contribution in [-0.4, -0.2) is 0 Å². The third kappa shape index (κ3) is 1.48. The van der Waals surface area contributed by atoms with Gasteiger partial charge in [0.25, 0.3) is 5.52 Å². The maximum Gasteiger partial charge on any atom is 0.262 e. The summed E-state index contributed by atoms with van der Waals surface area (Å²) in [6, 6.07) is 16.4. The molecular formula is C14H12NO+. The smallest absolute Gasteiger partial charge is 0.230 e. The van der Waals surface area contributed by atoms with Gasteiger partial charge in [-0.05, 0) is 13.0 Å². The van der Waals surface area contributed by atoms with E-state index in [1.165, 1.54) is 5.56 Å². The van der Waals surface area contributed by atoms with Crippen molar-refractivity contribution in [1.82, 2.24) is 0 Å². The first-order chi connectivity index (χ1) is 7.83. The van der Waals surface area contributed by atoms with Crippen molar-refractivity contribution in [2.45, 2.75) is 6.92 Å². The summed E-state index contributed by atoms with van der Waals surface area (Å²) in [5.41, 5.74) is 3.43. The number of aromatic nitrogens is 1. The van der Waals surface area contributed by atoms with Crippen LogP contribution in [0.4, 0.5) is 0 Å². The second-order valence-corrected chi connectivity index (χ2v) is 3.92. The van der Waals surface area contributed by atoms with Crippen molar-refractivity contribution in [3.05, 3.63) is 60.3 Å². The molecule has 0 aliphatic carbocycles. The van der Waals surface area contributed by atoms with Crippen LogP contribution >= 0.6 is 0 Å². The Morgan fingerprint density at radius 3 is 2.56 bits per heavy atom. The van der Waals surface area contributed by atoms with E-state index in [0.29, 0.717) is 0 Å². The molecule has 0 unspecified atom stereocenters. The minimum absolute atomic E-state index is 0.895. The molecule has 1 aromatic carbocycles. The number of fused-ring (bicyclic) bond motifs is 1. The molecule has 3 aromatic rings. The summed E-state index contributed by atoms with van der Waals surface area (Å²) in [5, 5.41) is 0. The second-order valence-electron chi connectivity index (χ2n) is 3.92. The molecule has 0 saturated carbocycles. The molecule has 0 N–H and O–H groups in total. The van der Waals surface area contributed by atoms with Crippen molar-refractivity contribution in [1.29, 1.82) is 0 Å². The number of hydrogen-bond acceptors (Lipinski definition) is 1. The van der Waals surface area contributed by atoms with E-state index in [9.17, 15) is 0 Å². The summed E-state index contributed by atoms with van der Waals surface area (Å²) < 4.78 is 7.48. The van der Waals surface area contributed by atoms with Crippen LogP contribution < -0.4 is 4.57 Å². The Balaban J connectivity index is 2.15. The van der Waals surface area contributed by atoms with Crippen molar-refractivity contribution >= 4 is 5.52 Å². The third-order valence-corrected chi connectivity index (χ3v) is 2.67. The number of pyridine rings is 1. The predicted molar refractivity (Wildman–Crippen MR) is 62.0 cm³/mol. The molecule has 2 nitrogen and oxygen atoms in total. The van der Waals surface area contributed by atoms with Crippen molar-refractivity contribution in [3.63, 3.8) is 0 Å². The van der Waals surface area contributed by atoms with Gasteiger partial charge < -0.3 is 0 Å². The summed E-state index contributed by atoms with van der Waals surface area (Å²) in [6.07, 6.45) is 1.91. The molecule has 0 spiro atoms. The molecule has 2 heteroatoms. The molecule has 78 valence electrons. The van der Waals surface area contributed by atoms with Gasteiger partial charge in [-0.3, -0.25) is 0 Å². The maximum absolute atomic E-state index is 5.71. The Hall–Kier alpha value is -2.09. The fourth-order valence-corrected chi connectivity index (χ4v) is 1.76. The van der Waals surface area contributed by atoms with Crippen LogP contribution in [0.2, 0.25) is 0 Å². The lowest BCUT2D eigenvalue weighted by Gasteiger charge is -1.93. The first-order valence-corrected chi connectivity index (χ1v) is 5.31. The van der Waals surface area contributed by atoms with Crippen LogP contribution in [0.5, 0.6) is 0 Å². The SMILES string of the molecule is Cc1ccc(-c2cc3cccc[n+]3o2)cc1. The quantitative estimate of drug-likeness (QED) is 0.564. The highest BCUT2D eigenvalue weighted by molar-refractivity contribution is 5.61. The average molecular weight is 210 g/mol. The zero-order valence-corrected chi connectivity index (χ0v) is 9.05. The lowest BCUT2D eigenvalue weighted by molar-refractivity contribution is -0.714. The van der Waals surface area contributed by atoms with Crippen LogP contribution in [0, 0.1) is 6.92 Å². The summed E-state index contributed by atoms with van der Waals surface area (Å²) in [6.45, 7) is 2.08. The minimum Gasteiger partial charge on any atom is -0.230 e. The van der Waals surface area contributed by atoms with E-state index < -0.39 is 0 Å². The average Bonchev–Trinajstić information content (AvgIpc) is 2.73. The van der Waals surface area contributed by atoms with Crippen molar-refractivity contribution in [3.8, 4) is 11.3 Å². The lowest BCUT2D eigenvalue weighted by Crippen LogP contribution is -2.15. The van der Waals surface area contributed by atoms with Gasteiger partial charge in [-0.25, -0.2) is 4.52 Å². The molecule has 3 rings (SSSR count). The standard InChI is InChI=1S/C14H12NO/c1-11-5-7-12(8-6-11)14-10-13-4-2-3-9-15(13)16-14/h2-10H,1H3/q+1. The highest BCUT2D eigenvalue weighted by Crippen LogP contribution is 2.20. The largest absolute Gasteiger partial charge is 0.262 e. The normalized spacial score (nSPS) is 10.8. The molecule has 0 radical (unpaired) electrons. The van der Waals surface area contributed by atoms with E-state index >= 15 is 0 Å². The van der Waals surface area contributed by atoms with Crippen molar-refractivity contribution < 1.29 is 9.10 Å². The fourth-order valence-electron chi connectivity index (χ4n) is 1.76. The first kappa shape index (κ1) is 9.16. The molecule has 2 aromatic heterocycles. The highest BCUT2D eigenvalue weighted by atomic mass is 16.5. The molecule has 0 amide bonds. The number of aryl methyl sites for hydroxylation is 1. The van der Waals surface area contributed by atoms with Crippen LogP contribution in [0.25, 0.3) is 16.8 Å². The summed E-state index contributed by atoms with van der Waals surface area (Å²) >= 11 is 0. The van der Waals surface area contributed by atoms with Crippen LogP contribution in [0.1, 0.15) is 5.56 Å². The molecule has 0 aliphatic heterocycles. The molecule has 0 bridgehead atoms. The zero-order valence-electron chi connectivity index (χ0n) is 9.05. The van der Waals surface area contributed by atoms with Gasteiger partial charge in [-0.1, -0.05) is 29.8 Å². The van der Waals surface area contributed by atoms with Crippen LogP contribution in [0.3, 0.4) is 0 Å². The number of benzene rings is 1. The Morgan fingerprint density at radius 2 is 1.81 bits per heavy atom. The van der Waals surface area contributed by atoms with E-state index in [-0.39, 0.29) is 0 Å². The van der Waals surface area contributed by atoms with Gasteiger partial charge >= 0.3 is 0 Å². The third-order valence-electron chi connectivity index (χ3n) is 2.67. The van der Waals surface area contributed by atoms with Gasteiger partial charge in [0.05, 0.1) is 6.07 Å². The summed E-state index contributed by atoms with van der Waals surface area (Å²) in [4.78, 5) is 0. The van der Waals surface area contributed by atoms with E-state index in [0.717, 1.165) is 16.8 Å². The molecule has 0 saturated heterocycles. The number of hydrogen-bond donors (Lipinski definition) is 0. The van der Waals surface area contributed by atoms with E-state index in [1.807, 2.05) is 30.5 Å². The highest BCUT2D eigenvalue weighted by Gasteiger charge is 2.11. The van der Waals surface area contributed by atoms with Gasteiger partial charge in [-0.15, -0.1) is 0 Å². The maximum atomic E-state index is 5.71. The number of rotatable bonds is 1. The summed E-state index contributed by atoms with van der Waals surface area (Å²) in [7, 11) is 0. The minimum atomic E-state index is 0.895. The Morgan fingerprint density at radius 1 is 1.00 bits per heavy atom. The van der Waals surface area contributed by atoms with Crippen LogP contribution in [0.15, 0.2) is 59.3 Å². The van der Waals surface area contributed by atoms with Gasteiger partial charge in [0.15, 0.2) is 0 Å². The molecule has 0 aliphatic rings. The topological polar surface area (TPSA) is 17.2 Å². The molecule has 2 heterocycles. The molecule has 0 atom stereocenters. The van der Waals surface area contributed by atoms with Crippen LogP contribution in [-0.2, 0) is 0 Å². The van der Waals surface area contributed by atoms with Gasteiger partial charge in [0, 0.05) is 22.3 Å². The van der Waals surface area contributed by atoms with Gasteiger partial charge in [0.2, 0.25) is 12.0 Å². The Labute approximate surface area is 93.7 Å². The van der Waals surface area contributed by atoms with E-state index in [2.05, 4.69) is 31.2 Å². The van der Waals surface area contributed by atoms with Gasteiger partial charge in [0.1, 0.15) is 0 Å². The van der Waals surface area contributed by atoms with Crippen molar-refractivity contribution in [2.75, 3.05) is 0 Å². The molecular weight excluding hydrogens is 198 g/mol. The summed E-state index contributed by atoms with van der Waals surface area (Å²) in [5.74, 6) is 0.895. The Bertz CT molecular complexity index is 590. The van der Waals surface area contributed by atoms with E-state index in [4.69, 9.17) is 4.52 Å². The van der Waals surface area contributed by atoms with Gasteiger partial charge in [-0.2, -0.15) is 0 Å². The zero-order chi connectivity index (χ0) is 11.0. The second kappa shape index (κ2) is 3.49. The monoisotopic (exact) mass is 210 g/mol. The van der Waals surface area contributed by atoms with E-state index in [1.54, 1.807) is 4.57 Å². The molecule has 16 heavy (non-hydrogen) atoms.